The van der Waals surface area contributed by atoms with E-state index >= 15 is 0 Å². The highest BCUT2D eigenvalue weighted by atomic mass is 32.2. The Morgan fingerprint density at radius 3 is 2.75 bits per heavy atom. The van der Waals surface area contributed by atoms with Gasteiger partial charge in [0.1, 0.15) is 0 Å². The standard InChI is InChI=1S/C11H13NO3S/c1-16-11(4-5-11)7-12-6-8(10(14)15)2-3-9(12)13/h2-3,6H,4-5,7H2,1H3,(H,14,15). The molecule has 0 bridgehead atoms. The van der Waals surface area contributed by atoms with E-state index in [1.165, 1.54) is 22.9 Å². The van der Waals surface area contributed by atoms with Gasteiger partial charge in [-0.3, -0.25) is 4.79 Å². The third kappa shape index (κ3) is 2.14. The molecule has 1 aliphatic rings. The molecule has 2 rings (SSSR count). The highest BCUT2D eigenvalue weighted by molar-refractivity contribution is 8.00. The Labute approximate surface area is 97.3 Å². The first-order valence-electron chi connectivity index (χ1n) is 5.05. The lowest BCUT2D eigenvalue weighted by Crippen LogP contribution is -2.26. The first-order chi connectivity index (χ1) is 7.56. The van der Waals surface area contributed by atoms with Gasteiger partial charge in [-0.1, -0.05) is 0 Å². The number of carbonyl (C=O) groups is 1. The Morgan fingerprint density at radius 1 is 1.56 bits per heavy atom. The predicted octanol–water partition coefficient (Wildman–Crippen LogP) is 1.44. The molecule has 1 N–H and O–H groups in total. The fraction of sp³-hybridized carbons (Fsp3) is 0.455. The van der Waals surface area contributed by atoms with E-state index in [1.54, 1.807) is 11.8 Å². The van der Waals surface area contributed by atoms with E-state index in [4.69, 9.17) is 5.11 Å². The fourth-order valence-corrected chi connectivity index (χ4v) is 2.44. The third-order valence-corrected chi connectivity index (χ3v) is 4.33. The molecule has 0 spiro atoms. The van der Waals surface area contributed by atoms with E-state index in [0.29, 0.717) is 6.54 Å². The van der Waals surface area contributed by atoms with Gasteiger partial charge in [-0.25, -0.2) is 4.79 Å². The van der Waals surface area contributed by atoms with Gasteiger partial charge in [0.2, 0.25) is 0 Å². The average molecular weight is 239 g/mol. The Morgan fingerprint density at radius 2 is 2.25 bits per heavy atom. The van der Waals surface area contributed by atoms with Crippen LogP contribution in [-0.2, 0) is 6.54 Å². The van der Waals surface area contributed by atoms with E-state index in [-0.39, 0.29) is 15.9 Å². The van der Waals surface area contributed by atoms with Gasteiger partial charge in [-0.05, 0) is 25.2 Å². The van der Waals surface area contributed by atoms with Crippen molar-refractivity contribution in [1.82, 2.24) is 4.57 Å². The van der Waals surface area contributed by atoms with E-state index in [9.17, 15) is 9.59 Å². The van der Waals surface area contributed by atoms with Crippen molar-refractivity contribution in [2.75, 3.05) is 6.26 Å². The number of thioether (sulfide) groups is 1. The molecular weight excluding hydrogens is 226 g/mol. The van der Waals surface area contributed by atoms with Gasteiger partial charge in [-0.2, -0.15) is 11.8 Å². The lowest BCUT2D eigenvalue weighted by molar-refractivity contribution is 0.0695. The van der Waals surface area contributed by atoms with Crippen molar-refractivity contribution >= 4 is 17.7 Å². The molecular formula is C11H13NO3S. The first-order valence-corrected chi connectivity index (χ1v) is 6.28. The first kappa shape index (κ1) is 11.3. The number of carboxylic acids is 1. The molecule has 16 heavy (non-hydrogen) atoms. The summed E-state index contributed by atoms with van der Waals surface area (Å²) in [6, 6.07) is 2.67. The molecule has 1 heterocycles. The predicted molar refractivity (Wildman–Crippen MR) is 63.1 cm³/mol. The molecule has 0 aliphatic heterocycles. The van der Waals surface area contributed by atoms with Crippen LogP contribution in [0, 0.1) is 0 Å². The van der Waals surface area contributed by atoms with Crippen LogP contribution in [0.5, 0.6) is 0 Å². The molecule has 0 radical (unpaired) electrons. The lowest BCUT2D eigenvalue weighted by atomic mass is 10.3. The van der Waals surface area contributed by atoms with E-state index in [1.807, 2.05) is 6.26 Å². The minimum absolute atomic E-state index is 0.134. The van der Waals surface area contributed by atoms with E-state index in [0.717, 1.165) is 12.8 Å². The molecule has 86 valence electrons. The second-order valence-electron chi connectivity index (χ2n) is 4.08. The van der Waals surface area contributed by atoms with Crippen molar-refractivity contribution < 1.29 is 9.90 Å². The summed E-state index contributed by atoms with van der Waals surface area (Å²) in [6.45, 7) is 0.605. The van der Waals surface area contributed by atoms with Gasteiger partial charge in [0, 0.05) is 23.6 Å². The maximum atomic E-state index is 11.6. The lowest BCUT2D eigenvalue weighted by Gasteiger charge is -2.14. The molecule has 0 atom stereocenters. The van der Waals surface area contributed by atoms with Crippen LogP contribution in [0.15, 0.2) is 23.1 Å². The number of aromatic nitrogens is 1. The number of hydrogen-bond acceptors (Lipinski definition) is 3. The maximum absolute atomic E-state index is 11.6. The molecule has 1 aliphatic carbocycles. The Hall–Kier alpha value is -1.23. The minimum Gasteiger partial charge on any atom is -0.478 e. The van der Waals surface area contributed by atoms with Crippen molar-refractivity contribution in [2.24, 2.45) is 0 Å². The highest BCUT2D eigenvalue weighted by Gasteiger charge is 2.42. The summed E-state index contributed by atoms with van der Waals surface area (Å²) in [6.07, 6.45) is 5.65. The van der Waals surface area contributed by atoms with Crippen molar-refractivity contribution in [1.29, 1.82) is 0 Å². The molecule has 5 heteroatoms. The van der Waals surface area contributed by atoms with E-state index < -0.39 is 5.97 Å². The summed E-state index contributed by atoms with van der Waals surface area (Å²) in [5, 5.41) is 8.85. The SMILES string of the molecule is CSC1(Cn2cc(C(=O)O)ccc2=O)CC1. The summed E-state index contributed by atoms with van der Waals surface area (Å²) in [4.78, 5) is 22.4. The van der Waals surface area contributed by atoms with Crippen LogP contribution in [-0.4, -0.2) is 26.6 Å². The Kier molecular flexibility index (Phi) is 2.80. The summed E-state index contributed by atoms with van der Waals surface area (Å²) in [7, 11) is 0. The summed E-state index contributed by atoms with van der Waals surface area (Å²) >= 11 is 1.75. The largest absolute Gasteiger partial charge is 0.478 e. The van der Waals surface area contributed by atoms with Crippen molar-refractivity contribution in [2.45, 2.75) is 24.1 Å². The normalized spacial score (nSPS) is 17.1. The number of rotatable bonds is 4. The number of pyridine rings is 1. The molecule has 1 aromatic rings. The summed E-state index contributed by atoms with van der Waals surface area (Å²) in [5.74, 6) is -0.997. The zero-order chi connectivity index (χ0) is 11.8. The smallest absolute Gasteiger partial charge is 0.337 e. The maximum Gasteiger partial charge on any atom is 0.337 e. The quantitative estimate of drug-likeness (QED) is 0.863. The molecule has 0 amide bonds. The summed E-state index contributed by atoms with van der Waals surface area (Å²) < 4.78 is 1.66. The number of nitrogens with zero attached hydrogens (tertiary/aromatic N) is 1. The zero-order valence-corrected chi connectivity index (χ0v) is 9.79. The van der Waals surface area contributed by atoms with Crippen molar-refractivity contribution in [3.8, 4) is 0 Å². The van der Waals surface area contributed by atoms with Crippen LogP contribution in [0.1, 0.15) is 23.2 Å². The van der Waals surface area contributed by atoms with Crippen LogP contribution < -0.4 is 5.56 Å². The number of aromatic carboxylic acids is 1. The topological polar surface area (TPSA) is 59.3 Å². The van der Waals surface area contributed by atoms with Gasteiger partial charge in [0.05, 0.1) is 5.56 Å². The molecule has 0 unspecified atom stereocenters. The van der Waals surface area contributed by atoms with Crippen molar-refractivity contribution in [3.63, 3.8) is 0 Å². The number of carboxylic acid groups (broad SMARTS) is 1. The molecule has 1 aromatic heterocycles. The van der Waals surface area contributed by atoms with Gasteiger partial charge < -0.3 is 9.67 Å². The van der Waals surface area contributed by atoms with Gasteiger partial charge in [0.15, 0.2) is 0 Å². The Balaban J connectivity index is 2.29. The molecule has 0 aromatic carbocycles. The minimum atomic E-state index is -0.997. The monoisotopic (exact) mass is 239 g/mol. The Bertz CT molecular complexity index is 476. The van der Waals surface area contributed by atoms with Crippen LogP contribution in [0.3, 0.4) is 0 Å². The molecule has 4 nitrogen and oxygen atoms in total. The molecule has 0 saturated heterocycles. The van der Waals surface area contributed by atoms with Gasteiger partial charge in [-0.15, -0.1) is 0 Å². The second-order valence-corrected chi connectivity index (χ2v) is 5.35. The fourth-order valence-electron chi connectivity index (χ4n) is 1.66. The van der Waals surface area contributed by atoms with E-state index in [2.05, 4.69) is 0 Å². The molecule has 1 saturated carbocycles. The van der Waals surface area contributed by atoms with Crippen LogP contribution in [0.4, 0.5) is 0 Å². The zero-order valence-electron chi connectivity index (χ0n) is 8.97. The van der Waals surface area contributed by atoms with Gasteiger partial charge in [0.25, 0.3) is 5.56 Å². The number of hydrogen-bond donors (Lipinski definition) is 1. The highest BCUT2D eigenvalue weighted by Crippen LogP contribution is 2.48. The molecule has 1 fully saturated rings. The summed E-state index contributed by atoms with van der Waals surface area (Å²) in [5.41, 5.74) is 0.0295. The van der Waals surface area contributed by atoms with Crippen LogP contribution in [0.2, 0.25) is 0 Å². The van der Waals surface area contributed by atoms with Crippen LogP contribution in [0.25, 0.3) is 0 Å². The second kappa shape index (κ2) is 3.97. The van der Waals surface area contributed by atoms with Gasteiger partial charge >= 0.3 is 5.97 Å². The average Bonchev–Trinajstić information content (AvgIpc) is 3.02. The third-order valence-electron chi connectivity index (χ3n) is 2.93. The van der Waals surface area contributed by atoms with Crippen LogP contribution >= 0.6 is 11.8 Å². The van der Waals surface area contributed by atoms with Crippen molar-refractivity contribution in [3.05, 3.63) is 34.2 Å².